The van der Waals surface area contributed by atoms with Crippen LogP contribution in [0.1, 0.15) is 0 Å². The summed E-state index contributed by atoms with van der Waals surface area (Å²) in [6, 6.07) is 0. The number of hydrogen-bond acceptors (Lipinski definition) is 6. The van der Waals surface area contributed by atoms with Gasteiger partial charge in [-0.3, -0.25) is 13.7 Å². The molecule has 0 bridgehead atoms. The zero-order valence-corrected chi connectivity index (χ0v) is 9.32. The molecule has 0 fully saturated rings. The van der Waals surface area contributed by atoms with Crippen molar-refractivity contribution in [2.45, 2.75) is 0 Å². The molecule has 0 aliphatic rings. The van der Waals surface area contributed by atoms with Crippen LogP contribution in [0.25, 0.3) is 0 Å². The van der Waals surface area contributed by atoms with Gasteiger partial charge in [-0.25, -0.2) is 0 Å². The summed E-state index contributed by atoms with van der Waals surface area (Å²) in [5.41, 5.74) is 0. The minimum Gasteiger partial charge on any atom is -0.749 e. The Morgan fingerprint density at radius 1 is 0.562 bits per heavy atom. The first-order valence-corrected chi connectivity index (χ1v) is 6.33. The van der Waals surface area contributed by atoms with E-state index in [9.17, 15) is 25.2 Å². The Bertz CT molecular complexity index is 214. The second kappa shape index (κ2) is 9.27. The van der Waals surface area contributed by atoms with Crippen molar-refractivity contribution in [1.82, 2.24) is 0 Å². The normalized spacial score (nSPS) is 11.1. The van der Waals surface area contributed by atoms with E-state index in [-0.39, 0.29) is 8.41 Å². The molecule has 0 radical (unpaired) electrons. The molecule has 16 heavy (non-hydrogen) atoms. The maximum absolute atomic E-state index is 10.0. The smallest absolute Gasteiger partial charge is 0.749 e. The molecule has 0 aliphatic carbocycles. The fraction of sp³-hybridized carbons (Fsp3) is 0. The first-order chi connectivity index (χ1) is 6.00. The van der Waals surface area contributed by atoms with E-state index in [2.05, 4.69) is 0 Å². The van der Waals surface area contributed by atoms with E-state index in [4.69, 9.17) is 28.4 Å². The van der Waals surface area contributed by atoms with Gasteiger partial charge in [0.1, 0.15) is 0 Å². The van der Waals surface area contributed by atoms with Crippen molar-refractivity contribution in [3.05, 3.63) is 0 Å². The summed E-state index contributed by atoms with van der Waals surface area (Å²) in [6.07, 6.45) is 0. The molecule has 0 aromatic carbocycles. The van der Waals surface area contributed by atoms with Crippen LogP contribution in [0.4, 0.5) is 25.2 Å². The predicted molar refractivity (Wildman–Crippen MR) is 35.2 cm³/mol. The summed E-state index contributed by atoms with van der Waals surface area (Å²) >= 11 is 0. The third-order valence-corrected chi connectivity index (χ3v) is 0. The second-order valence-electron chi connectivity index (χ2n) is 1.24. The summed E-state index contributed by atoms with van der Waals surface area (Å²) < 4.78 is 85.1. The van der Waals surface area contributed by atoms with Gasteiger partial charge < -0.3 is 14.7 Å². The van der Waals surface area contributed by atoms with Crippen molar-refractivity contribution in [3.8, 4) is 0 Å². The summed E-state index contributed by atoms with van der Waals surface area (Å²) in [4.78, 5) is 25.0. The third-order valence-electron chi connectivity index (χ3n) is 0. The van der Waals surface area contributed by atoms with Gasteiger partial charge in [-0.15, -0.1) is 0 Å². The van der Waals surface area contributed by atoms with Crippen LogP contribution in [0, 0.1) is 0 Å². The van der Waals surface area contributed by atoms with Crippen LogP contribution in [0.5, 0.6) is 0 Å². The topological polar surface area (TPSA) is 120 Å². The van der Waals surface area contributed by atoms with Gasteiger partial charge in [0, 0.05) is 0 Å². The number of halogens is 6. The Balaban J connectivity index is -0.0000000655. The molecular weight excluding hydrogens is 314 g/mol. The molecule has 0 saturated heterocycles. The van der Waals surface area contributed by atoms with Crippen LogP contribution in [0.15, 0.2) is 0 Å². The van der Waals surface area contributed by atoms with E-state index in [0.29, 0.717) is 0 Å². The Morgan fingerprint density at radius 3 is 0.562 bits per heavy atom. The molecule has 96 valence electrons. The van der Waals surface area contributed by atoms with Crippen LogP contribution < -0.4 is 14.7 Å². The van der Waals surface area contributed by atoms with Crippen molar-refractivity contribution in [1.29, 1.82) is 0 Å². The molecule has 0 N–H and O–H groups in total. The van der Waals surface area contributed by atoms with Gasteiger partial charge in [-0.05, 0) is 0 Å². The van der Waals surface area contributed by atoms with Crippen molar-refractivity contribution < 1.29 is 53.6 Å². The van der Waals surface area contributed by atoms with Gasteiger partial charge in [-0.1, -0.05) is 0 Å². The molecule has 16 heteroatoms. The quantitative estimate of drug-likeness (QED) is 0.370. The second-order valence-corrected chi connectivity index (χ2v) is 3.73. The fourth-order valence-electron chi connectivity index (χ4n) is 0. The van der Waals surface area contributed by atoms with E-state index in [1.54, 1.807) is 0 Å². The van der Waals surface area contributed by atoms with Crippen LogP contribution in [-0.2, 0) is 13.7 Å². The maximum Gasteiger partial charge on any atom is 3.00 e. The van der Waals surface area contributed by atoms with Gasteiger partial charge in [0.05, 0.1) is 0 Å². The molecule has 0 unspecified atom stereocenters. The SMILES string of the molecule is O=P([O-])(F)F.O=P([O-])(F)F.O=P([O-])(F)F.[B+3]. The van der Waals surface area contributed by atoms with Crippen LogP contribution in [0.3, 0.4) is 0 Å². The molecule has 0 atom stereocenters. The van der Waals surface area contributed by atoms with Crippen molar-refractivity contribution in [3.63, 3.8) is 0 Å². The molecule has 0 rings (SSSR count). The summed E-state index contributed by atoms with van der Waals surface area (Å²) in [5, 5.41) is 0. The largest absolute Gasteiger partial charge is 3.00 e. The van der Waals surface area contributed by atoms with Gasteiger partial charge >= 0.3 is 32.4 Å². The van der Waals surface area contributed by atoms with Crippen molar-refractivity contribution >= 4 is 32.4 Å². The molecule has 0 spiro atoms. The molecule has 6 nitrogen and oxygen atoms in total. The molecular formula is BF6O6P3. The molecule has 0 saturated carbocycles. The van der Waals surface area contributed by atoms with Crippen LogP contribution >= 0.6 is 24.0 Å². The van der Waals surface area contributed by atoms with Crippen LogP contribution in [0.2, 0.25) is 0 Å². The molecule has 0 aromatic rings. The van der Waals surface area contributed by atoms with Crippen LogP contribution in [-0.4, -0.2) is 8.41 Å². The van der Waals surface area contributed by atoms with Gasteiger partial charge in [0.25, 0.3) is 0 Å². The molecule has 0 heterocycles. The summed E-state index contributed by atoms with van der Waals surface area (Å²) in [5.74, 6) is 0. The van der Waals surface area contributed by atoms with Gasteiger partial charge in [0.15, 0.2) is 0 Å². The monoisotopic (exact) mass is 314 g/mol. The zero-order chi connectivity index (χ0) is 13.5. The van der Waals surface area contributed by atoms with E-state index in [1.165, 1.54) is 0 Å². The first-order valence-electron chi connectivity index (χ1n) is 2.11. The average molecular weight is 314 g/mol. The van der Waals surface area contributed by atoms with Crippen molar-refractivity contribution in [2.75, 3.05) is 0 Å². The molecule has 0 aliphatic heterocycles. The van der Waals surface area contributed by atoms with E-state index >= 15 is 0 Å². The fourth-order valence-corrected chi connectivity index (χ4v) is 0. The Labute approximate surface area is 86.9 Å². The Morgan fingerprint density at radius 2 is 0.562 bits per heavy atom. The Hall–Kier alpha value is 0.215. The van der Waals surface area contributed by atoms with Crippen molar-refractivity contribution in [2.24, 2.45) is 0 Å². The van der Waals surface area contributed by atoms with Gasteiger partial charge in [-0.2, -0.15) is 25.2 Å². The molecule has 0 amide bonds. The maximum atomic E-state index is 10.0. The van der Waals surface area contributed by atoms with E-state index in [1.807, 2.05) is 0 Å². The Kier molecular flexibility index (Phi) is 14.6. The number of hydrogen-bond donors (Lipinski definition) is 0. The van der Waals surface area contributed by atoms with E-state index in [0.717, 1.165) is 0 Å². The summed E-state index contributed by atoms with van der Waals surface area (Å²) in [6.45, 7) is 0. The van der Waals surface area contributed by atoms with E-state index < -0.39 is 24.0 Å². The van der Waals surface area contributed by atoms with Gasteiger partial charge in [0.2, 0.25) is 0 Å². The average Bonchev–Trinajstić information content (AvgIpc) is 1.41. The minimum atomic E-state index is -5.89. The number of rotatable bonds is 0. The standard InChI is InChI=1S/B.3F2HO2P/c;3*1-5(2,3)4/h;3*(H,3,4)/q+3;;;/p-3. The first kappa shape index (κ1) is 25.2. The summed E-state index contributed by atoms with van der Waals surface area (Å²) in [7, 11) is -17.7. The zero-order valence-electron chi connectivity index (χ0n) is 6.64. The predicted octanol–water partition coefficient (Wildman–Crippen LogP) is 0.801. The molecule has 0 aromatic heterocycles. The third kappa shape index (κ3) is 53700. The minimum absolute atomic E-state index is 0.